The van der Waals surface area contributed by atoms with E-state index in [1.807, 2.05) is 0 Å². The smallest absolute Gasteiger partial charge is 0.364 e. The summed E-state index contributed by atoms with van der Waals surface area (Å²) in [6, 6.07) is -2.53. The van der Waals surface area contributed by atoms with Gasteiger partial charge in [0.05, 0.1) is 50.7 Å². The third-order valence-corrected chi connectivity index (χ3v) is 18.2. The van der Waals surface area contributed by atoms with Gasteiger partial charge in [0.25, 0.3) is 5.79 Å². The van der Waals surface area contributed by atoms with Crippen molar-refractivity contribution in [2.75, 3.05) is 26.4 Å². The summed E-state index contributed by atoms with van der Waals surface area (Å²) in [5, 5.41) is 136. The molecule has 2 amide bonds. The minimum absolute atomic E-state index is 0.219. The van der Waals surface area contributed by atoms with Crippen LogP contribution in [0.3, 0.4) is 0 Å². The quantitative estimate of drug-likeness (QED) is 0.0219. The van der Waals surface area contributed by atoms with Crippen molar-refractivity contribution >= 4 is 17.8 Å². The molecule has 3 heterocycles. The number of carbonyl (C=O) groups excluding carboxylic acids is 2. The van der Waals surface area contributed by atoms with E-state index in [1.54, 1.807) is 0 Å². The summed E-state index contributed by atoms with van der Waals surface area (Å²) in [6.07, 6.45) is 20.4. The van der Waals surface area contributed by atoms with Crippen molar-refractivity contribution < 1.29 is 104 Å². The van der Waals surface area contributed by atoms with Gasteiger partial charge in [0.1, 0.15) is 67.1 Å². The van der Waals surface area contributed by atoms with E-state index in [-0.39, 0.29) is 18.9 Å². The molecule has 0 saturated carbocycles. The number of aliphatic carboxylic acids is 1. The van der Waals surface area contributed by atoms with Gasteiger partial charge < -0.3 is 100 Å². The van der Waals surface area contributed by atoms with E-state index >= 15 is 0 Å². The Morgan fingerprint density at radius 2 is 1.04 bits per heavy atom. The molecule has 23 nitrogen and oxygen atoms in total. The molecule has 0 spiro atoms. The van der Waals surface area contributed by atoms with E-state index < -0.39 is 148 Å². The Bertz CT molecular complexity index is 1960. The first-order chi connectivity index (χ1) is 44.4. The standard InChI is InChI=1S/C69H126N2O21/c1-4-6-8-10-12-14-16-18-19-20-21-22-23-24-25-26-27-28-29-31-33-35-37-39-41-43-56(79)71-50(51(76)42-40-38-36-34-32-30-17-15-13-11-9-7-5-2)48-87-66-61(83)60(82)63(55(47-74)89-66)90-67-62(84)65(59(81)54(46-73)88-67)92-69(68(85)86)44-52(77)57(70-49(3)75)64(91-69)58(80)53(78)45-72/h21-22,24-25,50-55,57-67,72-74,76-78,80-84H,4-20,23,26-48H2,1-3H3,(H,70,75)(H,71,79)(H,85,86)/b22-21-,25-24-. The van der Waals surface area contributed by atoms with E-state index in [0.717, 1.165) is 71.1 Å². The zero-order valence-electron chi connectivity index (χ0n) is 56.2. The molecule has 18 atom stereocenters. The first-order valence-corrected chi connectivity index (χ1v) is 35.7. The minimum atomic E-state index is -3.08. The summed E-state index contributed by atoms with van der Waals surface area (Å²) in [6.45, 7) is 2.20. The molecule has 0 aromatic carbocycles. The molecule has 0 bridgehead atoms. The molecule has 3 saturated heterocycles. The van der Waals surface area contributed by atoms with E-state index in [9.17, 15) is 75.7 Å². The van der Waals surface area contributed by atoms with Crippen LogP contribution in [-0.2, 0) is 42.8 Å². The molecule has 18 unspecified atom stereocenters. The van der Waals surface area contributed by atoms with Crippen LogP contribution in [0.2, 0.25) is 0 Å². The molecule has 3 aliphatic rings. The number of unbranched alkanes of at least 4 members (excludes halogenated alkanes) is 30. The van der Waals surface area contributed by atoms with Gasteiger partial charge in [0.2, 0.25) is 11.8 Å². The molecule has 0 aromatic heterocycles. The molecule has 3 fully saturated rings. The topological polar surface area (TPSA) is 373 Å². The summed E-state index contributed by atoms with van der Waals surface area (Å²) in [5.41, 5.74) is 0. The second-order valence-corrected chi connectivity index (χ2v) is 26.1. The summed E-state index contributed by atoms with van der Waals surface area (Å²) >= 11 is 0. The molecule has 14 N–H and O–H groups in total. The number of hydrogen-bond donors (Lipinski definition) is 14. The number of carbonyl (C=O) groups is 3. The highest BCUT2D eigenvalue weighted by atomic mass is 16.8. The number of allylic oxidation sites excluding steroid dienone is 4. The molecule has 538 valence electrons. The van der Waals surface area contributed by atoms with Crippen molar-refractivity contribution in [3.8, 4) is 0 Å². The predicted molar refractivity (Wildman–Crippen MR) is 348 cm³/mol. The maximum absolute atomic E-state index is 13.5. The fourth-order valence-corrected chi connectivity index (χ4v) is 12.5. The van der Waals surface area contributed by atoms with Crippen LogP contribution in [0.5, 0.6) is 0 Å². The van der Waals surface area contributed by atoms with Crippen LogP contribution in [0.4, 0.5) is 0 Å². The SMILES string of the molecule is CCCCCCCCCCC/C=C\C/C=C\CCCCCCCCCCCC(=O)NC(COC1OC(CO)C(OC2OC(CO)C(O)C(OC3(C(=O)O)CC(O)C(NC(C)=O)C(C(O)C(O)CO)O3)C2O)C(O)C1O)C(O)CCCCCCCCCCCCCCC. The second-order valence-electron chi connectivity index (χ2n) is 26.1. The Balaban J connectivity index is 1.55. The number of rotatable bonds is 54. The normalized spacial score (nSPS) is 28.3. The number of aliphatic hydroxyl groups excluding tert-OH is 11. The summed E-state index contributed by atoms with van der Waals surface area (Å²) in [5.74, 6) is -6.11. The molecule has 0 aromatic rings. The van der Waals surface area contributed by atoms with E-state index in [2.05, 4.69) is 48.8 Å². The molecular weight excluding hydrogens is 1190 g/mol. The number of hydrogen-bond acceptors (Lipinski definition) is 20. The van der Waals surface area contributed by atoms with Crippen LogP contribution < -0.4 is 10.6 Å². The first kappa shape index (κ1) is 83.4. The number of aliphatic hydroxyl groups is 11. The Labute approximate surface area is 549 Å². The third kappa shape index (κ3) is 31.6. The Hall–Kier alpha value is -2.79. The van der Waals surface area contributed by atoms with E-state index in [1.165, 1.54) is 141 Å². The molecule has 3 rings (SSSR count). The molecule has 0 aliphatic carbocycles. The molecule has 3 aliphatic heterocycles. The second kappa shape index (κ2) is 49.7. The number of carboxylic acid groups (broad SMARTS) is 1. The van der Waals surface area contributed by atoms with Crippen molar-refractivity contribution in [1.82, 2.24) is 10.6 Å². The third-order valence-electron chi connectivity index (χ3n) is 18.2. The number of carboxylic acids is 1. The highest BCUT2D eigenvalue weighted by molar-refractivity contribution is 5.77. The van der Waals surface area contributed by atoms with Crippen LogP contribution >= 0.6 is 0 Å². The fourth-order valence-electron chi connectivity index (χ4n) is 12.5. The largest absolute Gasteiger partial charge is 0.477 e. The van der Waals surface area contributed by atoms with Crippen molar-refractivity contribution in [1.29, 1.82) is 0 Å². The number of nitrogens with one attached hydrogen (secondary N) is 2. The predicted octanol–water partition coefficient (Wildman–Crippen LogP) is 6.84. The Kier molecular flexibility index (Phi) is 45.1. The van der Waals surface area contributed by atoms with Gasteiger partial charge in [0.15, 0.2) is 12.6 Å². The average Bonchev–Trinajstić information content (AvgIpc) is 0.774. The van der Waals surface area contributed by atoms with Gasteiger partial charge in [-0.2, -0.15) is 0 Å². The van der Waals surface area contributed by atoms with Gasteiger partial charge in [-0.15, -0.1) is 0 Å². The lowest BCUT2D eigenvalue weighted by molar-refractivity contribution is -0.386. The van der Waals surface area contributed by atoms with Gasteiger partial charge in [-0.3, -0.25) is 9.59 Å². The maximum atomic E-state index is 13.5. The maximum Gasteiger partial charge on any atom is 0.364 e. The van der Waals surface area contributed by atoms with Crippen LogP contribution in [0.1, 0.15) is 258 Å². The zero-order chi connectivity index (χ0) is 67.5. The Morgan fingerprint density at radius 3 is 1.52 bits per heavy atom. The van der Waals surface area contributed by atoms with Gasteiger partial charge in [-0.05, 0) is 44.9 Å². The summed E-state index contributed by atoms with van der Waals surface area (Å²) in [7, 11) is 0. The fraction of sp³-hybridized carbons (Fsp3) is 0.899. The van der Waals surface area contributed by atoms with Crippen LogP contribution in [-0.4, -0.2) is 215 Å². The molecule has 92 heavy (non-hydrogen) atoms. The van der Waals surface area contributed by atoms with Crippen molar-refractivity contribution in [3.05, 3.63) is 24.3 Å². The zero-order valence-corrected chi connectivity index (χ0v) is 56.2. The van der Waals surface area contributed by atoms with Gasteiger partial charge in [-0.1, -0.05) is 218 Å². The van der Waals surface area contributed by atoms with Crippen LogP contribution in [0.25, 0.3) is 0 Å². The number of ether oxygens (including phenoxy) is 6. The van der Waals surface area contributed by atoms with Gasteiger partial charge in [0, 0.05) is 19.8 Å². The summed E-state index contributed by atoms with van der Waals surface area (Å²) in [4.78, 5) is 38.6. The number of amides is 2. The van der Waals surface area contributed by atoms with Crippen molar-refractivity contribution in [2.45, 2.75) is 368 Å². The van der Waals surface area contributed by atoms with Crippen LogP contribution in [0.15, 0.2) is 24.3 Å². The highest BCUT2D eigenvalue weighted by Crippen LogP contribution is 2.39. The van der Waals surface area contributed by atoms with Crippen LogP contribution in [0, 0.1) is 0 Å². The Morgan fingerprint density at radius 1 is 0.565 bits per heavy atom. The van der Waals surface area contributed by atoms with E-state index in [4.69, 9.17) is 28.4 Å². The highest BCUT2D eigenvalue weighted by Gasteiger charge is 2.60. The lowest BCUT2D eigenvalue weighted by atomic mass is 9.88. The lowest BCUT2D eigenvalue weighted by Crippen LogP contribution is -2.70. The molecule has 0 radical (unpaired) electrons. The molecular formula is C69H126N2O21. The first-order valence-electron chi connectivity index (χ1n) is 35.7. The van der Waals surface area contributed by atoms with Crippen molar-refractivity contribution in [3.63, 3.8) is 0 Å². The van der Waals surface area contributed by atoms with Gasteiger partial charge in [-0.25, -0.2) is 4.79 Å². The monoisotopic (exact) mass is 1320 g/mol. The minimum Gasteiger partial charge on any atom is -0.477 e. The lowest BCUT2D eigenvalue weighted by Gasteiger charge is -2.50. The summed E-state index contributed by atoms with van der Waals surface area (Å²) < 4.78 is 34.8. The van der Waals surface area contributed by atoms with E-state index in [0.29, 0.717) is 19.3 Å². The van der Waals surface area contributed by atoms with Crippen molar-refractivity contribution in [2.24, 2.45) is 0 Å². The average molecular weight is 1320 g/mol. The van der Waals surface area contributed by atoms with Gasteiger partial charge >= 0.3 is 5.97 Å². The molecule has 23 heteroatoms.